The number of phenols is 1. The van der Waals surface area contributed by atoms with E-state index in [1.54, 1.807) is 19.1 Å². The molecule has 0 radical (unpaired) electrons. The lowest BCUT2D eigenvalue weighted by Crippen LogP contribution is -2.22. The second-order valence-electron chi connectivity index (χ2n) is 4.60. The number of aliphatic hydroxyl groups is 1. The number of benzene rings is 1. The highest BCUT2D eigenvalue weighted by atomic mass is 16.5. The van der Waals surface area contributed by atoms with Gasteiger partial charge in [-0.3, -0.25) is 0 Å². The van der Waals surface area contributed by atoms with Crippen LogP contribution in [-0.4, -0.2) is 41.4 Å². The lowest BCUT2D eigenvalue weighted by Gasteiger charge is -2.18. The minimum Gasteiger partial charge on any atom is -0.508 e. The molecule has 1 aromatic rings. The van der Waals surface area contributed by atoms with Crippen LogP contribution < -0.4 is 4.74 Å². The number of hydrogen-bond donors (Lipinski definition) is 2. The van der Waals surface area contributed by atoms with Gasteiger partial charge in [0.15, 0.2) is 0 Å². The van der Waals surface area contributed by atoms with Crippen LogP contribution in [0.1, 0.15) is 25.8 Å². The average molecular weight is 253 g/mol. The summed E-state index contributed by atoms with van der Waals surface area (Å²) in [6.45, 7) is 5.75. The molecule has 0 bridgehead atoms. The third-order valence-corrected chi connectivity index (χ3v) is 2.73. The molecule has 2 N–H and O–H groups in total. The molecule has 0 saturated heterocycles. The fourth-order valence-corrected chi connectivity index (χ4v) is 1.72. The number of rotatable bonds is 7. The maximum Gasteiger partial charge on any atom is 0.120 e. The monoisotopic (exact) mass is 253 g/mol. The topological polar surface area (TPSA) is 52.9 Å². The Balaban J connectivity index is 2.61. The second-order valence-corrected chi connectivity index (χ2v) is 4.60. The van der Waals surface area contributed by atoms with Gasteiger partial charge in [0.05, 0.1) is 12.7 Å². The Hall–Kier alpha value is -1.26. The lowest BCUT2D eigenvalue weighted by atomic mass is 10.1. The first-order chi connectivity index (χ1) is 8.52. The van der Waals surface area contributed by atoms with E-state index >= 15 is 0 Å². The minimum atomic E-state index is -0.296. The van der Waals surface area contributed by atoms with Crippen molar-refractivity contribution in [2.75, 3.05) is 20.2 Å². The van der Waals surface area contributed by atoms with E-state index in [2.05, 4.69) is 4.90 Å². The predicted octanol–water partition coefficient (Wildman–Crippen LogP) is 1.99. The lowest BCUT2D eigenvalue weighted by molar-refractivity contribution is 0.162. The quantitative estimate of drug-likeness (QED) is 0.780. The number of aromatic hydroxyl groups is 1. The van der Waals surface area contributed by atoms with Gasteiger partial charge in [-0.05, 0) is 45.5 Å². The van der Waals surface area contributed by atoms with Crippen LogP contribution in [0.25, 0.3) is 0 Å². The van der Waals surface area contributed by atoms with Crippen molar-refractivity contribution in [2.45, 2.75) is 32.9 Å². The molecular formula is C14H23NO3. The molecule has 0 saturated carbocycles. The molecule has 0 amide bonds. The van der Waals surface area contributed by atoms with E-state index in [1.165, 1.54) is 0 Å². The molecule has 1 rings (SSSR count). The summed E-state index contributed by atoms with van der Waals surface area (Å²) in [5.41, 5.74) is 0.842. The molecule has 0 aliphatic heterocycles. The van der Waals surface area contributed by atoms with E-state index in [0.29, 0.717) is 13.2 Å². The molecule has 1 aromatic carbocycles. The molecule has 1 atom stereocenters. The van der Waals surface area contributed by atoms with E-state index in [9.17, 15) is 10.2 Å². The maximum absolute atomic E-state index is 9.80. The first-order valence-electron chi connectivity index (χ1n) is 6.34. The van der Waals surface area contributed by atoms with Crippen LogP contribution >= 0.6 is 0 Å². The average Bonchev–Trinajstić information content (AvgIpc) is 2.31. The molecule has 0 spiro atoms. The summed E-state index contributed by atoms with van der Waals surface area (Å²) in [7, 11) is 1.97. The van der Waals surface area contributed by atoms with Crippen LogP contribution in [-0.2, 0) is 6.54 Å². The number of hydrogen-bond acceptors (Lipinski definition) is 4. The molecule has 0 heterocycles. The van der Waals surface area contributed by atoms with Crippen LogP contribution in [0.3, 0.4) is 0 Å². The van der Waals surface area contributed by atoms with Crippen molar-refractivity contribution in [2.24, 2.45) is 0 Å². The fourth-order valence-electron chi connectivity index (χ4n) is 1.72. The Morgan fingerprint density at radius 2 is 2.11 bits per heavy atom. The van der Waals surface area contributed by atoms with E-state index in [4.69, 9.17) is 4.74 Å². The summed E-state index contributed by atoms with van der Waals surface area (Å²) in [4.78, 5) is 2.07. The Morgan fingerprint density at radius 1 is 1.39 bits per heavy atom. The van der Waals surface area contributed by atoms with Gasteiger partial charge in [-0.25, -0.2) is 0 Å². The molecule has 0 aromatic heterocycles. The standard InChI is InChI=1S/C14H23NO3/c1-4-18-13-5-6-14(17)12(9-13)10-15(3)8-7-11(2)16/h5-6,9,11,16-17H,4,7-8,10H2,1-3H3. The van der Waals surface area contributed by atoms with Crippen LogP contribution in [0.15, 0.2) is 18.2 Å². The Bertz CT molecular complexity index is 366. The Kier molecular flexibility index (Phi) is 5.95. The summed E-state index contributed by atoms with van der Waals surface area (Å²) in [6.07, 6.45) is 0.429. The third-order valence-electron chi connectivity index (χ3n) is 2.73. The van der Waals surface area contributed by atoms with Crippen molar-refractivity contribution in [3.8, 4) is 11.5 Å². The van der Waals surface area contributed by atoms with Gasteiger partial charge >= 0.3 is 0 Å². The summed E-state index contributed by atoms with van der Waals surface area (Å²) < 4.78 is 5.41. The Morgan fingerprint density at radius 3 is 2.72 bits per heavy atom. The first-order valence-corrected chi connectivity index (χ1v) is 6.34. The SMILES string of the molecule is CCOc1ccc(O)c(CN(C)CCC(C)O)c1. The highest BCUT2D eigenvalue weighted by Crippen LogP contribution is 2.24. The summed E-state index contributed by atoms with van der Waals surface area (Å²) in [5, 5.41) is 19.0. The van der Waals surface area contributed by atoms with Gasteiger partial charge < -0.3 is 19.8 Å². The van der Waals surface area contributed by atoms with Crippen molar-refractivity contribution in [1.82, 2.24) is 4.90 Å². The van der Waals surface area contributed by atoms with Gasteiger partial charge in [0, 0.05) is 18.7 Å². The summed E-state index contributed by atoms with van der Waals surface area (Å²) in [6, 6.07) is 5.28. The van der Waals surface area contributed by atoms with Crippen LogP contribution in [0, 0.1) is 0 Å². The molecule has 0 fully saturated rings. The van der Waals surface area contributed by atoms with Gasteiger partial charge in [-0.15, -0.1) is 0 Å². The van der Waals surface area contributed by atoms with E-state index in [0.717, 1.165) is 24.3 Å². The highest BCUT2D eigenvalue weighted by Gasteiger charge is 2.08. The molecule has 0 aliphatic carbocycles. The van der Waals surface area contributed by atoms with Gasteiger partial charge in [0.25, 0.3) is 0 Å². The molecule has 4 nitrogen and oxygen atoms in total. The minimum absolute atomic E-state index is 0.280. The van der Waals surface area contributed by atoms with Crippen molar-refractivity contribution in [1.29, 1.82) is 0 Å². The molecule has 4 heteroatoms. The van der Waals surface area contributed by atoms with E-state index in [-0.39, 0.29) is 11.9 Å². The normalized spacial score (nSPS) is 12.7. The summed E-state index contributed by atoms with van der Waals surface area (Å²) in [5.74, 6) is 1.05. The number of ether oxygens (including phenoxy) is 1. The largest absolute Gasteiger partial charge is 0.508 e. The van der Waals surface area contributed by atoms with Gasteiger partial charge in [0.2, 0.25) is 0 Å². The second kappa shape index (κ2) is 7.24. The van der Waals surface area contributed by atoms with Crippen molar-refractivity contribution in [3.63, 3.8) is 0 Å². The number of aliphatic hydroxyl groups excluding tert-OH is 1. The summed E-state index contributed by atoms with van der Waals surface area (Å²) >= 11 is 0. The zero-order valence-electron chi connectivity index (χ0n) is 11.4. The smallest absolute Gasteiger partial charge is 0.120 e. The van der Waals surface area contributed by atoms with E-state index < -0.39 is 0 Å². The maximum atomic E-state index is 9.80. The number of phenolic OH excluding ortho intramolecular Hbond substituents is 1. The molecular weight excluding hydrogens is 230 g/mol. The Labute approximate surface area is 109 Å². The predicted molar refractivity (Wildman–Crippen MR) is 71.9 cm³/mol. The van der Waals surface area contributed by atoms with Crippen LogP contribution in [0.2, 0.25) is 0 Å². The van der Waals surface area contributed by atoms with Gasteiger partial charge in [-0.2, -0.15) is 0 Å². The third kappa shape index (κ3) is 4.94. The van der Waals surface area contributed by atoms with E-state index in [1.807, 2.05) is 20.0 Å². The first kappa shape index (κ1) is 14.8. The van der Waals surface area contributed by atoms with Crippen LogP contribution in [0.5, 0.6) is 11.5 Å². The zero-order chi connectivity index (χ0) is 13.5. The van der Waals surface area contributed by atoms with Gasteiger partial charge in [0.1, 0.15) is 11.5 Å². The van der Waals surface area contributed by atoms with Crippen molar-refractivity contribution in [3.05, 3.63) is 23.8 Å². The zero-order valence-corrected chi connectivity index (χ0v) is 11.4. The molecule has 0 aliphatic rings. The fraction of sp³-hybridized carbons (Fsp3) is 0.571. The van der Waals surface area contributed by atoms with Gasteiger partial charge in [-0.1, -0.05) is 0 Å². The molecule has 1 unspecified atom stereocenters. The van der Waals surface area contributed by atoms with Crippen molar-refractivity contribution < 1.29 is 14.9 Å². The van der Waals surface area contributed by atoms with Crippen molar-refractivity contribution >= 4 is 0 Å². The number of nitrogens with zero attached hydrogens (tertiary/aromatic N) is 1. The van der Waals surface area contributed by atoms with Crippen LogP contribution in [0.4, 0.5) is 0 Å². The molecule has 102 valence electrons. The highest BCUT2D eigenvalue weighted by molar-refractivity contribution is 5.39. The molecule has 18 heavy (non-hydrogen) atoms.